The summed E-state index contributed by atoms with van der Waals surface area (Å²) in [6.07, 6.45) is 6.46. The van der Waals surface area contributed by atoms with Gasteiger partial charge < -0.3 is 10.2 Å². The molecule has 1 aromatic carbocycles. The van der Waals surface area contributed by atoms with Crippen molar-refractivity contribution in [3.63, 3.8) is 0 Å². The molecule has 9 heteroatoms. The number of thioether (sulfide) groups is 1. The Bertz CT molecular complexity index is 1300. The van der Waals surface area contributed by atoms with Crippen LogP contribution >= 0.6 is 11.8 Å². The minimum absolute atomic E-state index is 0.355. The molecule has 0 bridgehead atoms. The highest BCUT2D eigenvalue weighted by atomic mass is 32.2. The summed E-state index contributed by atoms with van der Waals surface area (Å²) in [5.74, 6) is 0.857. The SMILES string of the molecule is CCc1ccc(-c2cccc(CNCC3CCN(c4nccc(C=C5SC(=O)NC5=O)n4)CC3)n2)cc1. The van der Waals surface area contributed by atoms with E-state index in [2.05, 4.69) is 74.9 Å². The van der Waals surface area contributed by atoms with Crippen LogP contribution in [0.1, 0.15) is 36.7 Å². The maximum Gasteiger partial charge on any atom is 0.290 e. The maximum atomic E-state index is 11.8. The molecule has 0 spiro atoms. The Balaban J connectivity index is 1.11. The zero-order valence-corrected chi connectivity index (χ0v) is 21.6. The van der Waals surface area contributed by atoms with E-state index in [1.165, 1.54) is 5.56 Å². The molecule has 0 saturated carbocycles. The highest BCUT2D eigenvalue weighted by molar-refractivity contribution is 8.18. The Hall–Kier alpha value is -3.56. The Morgan fingerprint density at radius 2 is 1.89 bits per heavy atom. The van der Waals surface area contributed by atoms with Gasteiger partial charge in [0, 0.05) is 31.4 Å². The molecule has 37 heavy (non-hydrogen) atoms. The zero-order valence-electron chi connectivity index (χ0n) is 20.8. The van der Waals surface area contributed by atoms with E-state index in [-0.39, 0.29) is 11.1 Å². The number of hydrogen-bond donors (Lipinski definition) is 2. The summed E-state index contributed by atoms with van der Waals surface area (Å²) < 4.78 is 0. The Morgan fingerprint density at radius 3 is 2.62 bits per heavy atom. The molecule has 4 heterocycles. The lowest BCUT2D eigenvalue weighted by Crippen LogP contribution is -2.38. The molecule has 2 N–H and O–H groups in total. The number of amides is 2. The number of benzene rings is 1. The average Bonchev–Trinajstić information content (AvgIpc) is 3.25. The van der Waals surface area contributed by atoms with Crippen LogP contribution in [0.2, 0.25) is 0 Å². The number of pyridine rings is 1. The molecule has 0 atom stereocenters. The van der Waals surface area contributed by atoms with Gasteiger partial charge in [-0.1, -0.05) is 37.3 Å². The number of nitrogens with zero attached hydrogens (tertiary/aromatic N) is 4. The molecule has 2 aliphatic rings. The van der Waals surface area contributed by atoms with Crippen LogP contribution in [0.25, 0.3) is 17.3 Å². The lowest BCUT2D eigenvalue weighted by atomic mass is 9.97. The van der Waals surface area contributed by atoms with Crippen LogP contribution in [0.5, 0.6) is 0 Å². The number of imide groups is 1. The predicted molar refractivity (Wildman–Crippen MR) is 147 cm³/mol. The Labute approximate surface area is 221 Å². The van der Waals surface area contributed by atoms with Gasteiger partial charge >= 0.3 is 0 Å². The van der Waals surface area contributed by atoms with Gasteiger partial charge in [0.25, 0.3) is 11.1 Å². The topological polar surface area (TPSA) is 100 Å². The molecular weight excluding hydrogens is 484 g/mol. The monoisotopic (exact) mass is 514 g/mol. The molecule has 190 valence electrons. The zero-order chi connectivity index (χ0) is 25.6. The molecule has 2 saturated heterocycles. The second-order valence-electron chi connectivity index (χ2n) is 9.26. The van der Waals surface area contributed by atoms with Gasteiger partial charge in [-0.25, -0.2) is 9.97 Å². The van der Waals surface area contributed by atoms with Gasteiger partial charge in [0.1, 0.15) is 0 Å². The fourth-order valence-electron chi connectivity index (χ4n) is 4.54. The van der Waals surface area contributed by atoms with Crippen molar-refractivity contribution in [2.75, 3.05) is 24.5 Å². The molecule has 0 aliphatic carbocycles. The van der Waals surface area contributed by atoms with Crippen LogP contribution in [0.15, 0.2) is 59.6 Å². The molecule has 2 fully saturated rings. The van der Waals surface area contributed by atoms with Crippen molar-refractivity contribution in [2.24, 2.45) is 5.92 Å². The van der Waals surface area contributed by atoms with E-state index >= 15 is 0 Å². The molecule has 2 aliphatic heterocycles. The number of rotatable bonds is 8. The first-order valence-corrected chi connectivity index (χ1v) is 13.5. The normalized spacial score (nSPS) is 17.4. The Kier molecular flexibility index (Phi) is 7.91. The summed E-state index contributed by atoms with van der Waals surface area (Å²) in [6.45, 7) is 5.60. The first-order chi connectivity index (χ1) is 18.1. The van der Waals surface area contributed by atoms with E-state index in [1.54, 1.807) is 18.3 Å². The van der Waals surface area contributed by atoms with Crippen LogP contribution < -0.4 is 15.5 Å². The number of carbonyl (C=O) groups excluding carboxylic acids is 2. The van der Waals surface area contributed by atoms with Crippen molar-refractivity contribution in [3.05, 3.63) is 76.6 Å². The molecule has 8 nitrogen and oxygen atoms in total. The fourth-order valence-corrected chi connectivity index (χ4v) is 5.21. The van der Waals surface area contributed by atoms with Crippen LogP contribution in [0, 0.1) is 5.92 Å². The summed E-state index contributed by atoms with van der Waals surface area (Å²) in [4.78, 5) is 39.6. The van der Waals surface area contributed by atoms with Crippen molar-refractivity contribution in [3.8, 4) is 11.3 Å². The molecule has 2 amide bonds. The predicted octanol–water partition coefficient (Wildman–Crippen LogP) is 4.43. The number of aromatic nitrogens is 3. The summed E-state index contributed by atoms with van der Waals surface area (Å²) in [7, 11) is 0. The fraction of sp³-hybridized carbons (Fsp3) is 0.321. The first-order valence-electron chi connectivity index (χ1n) is 12.7. The molecule has 5 rings (SSSR count). The van der Waals surface area contributed by atoms with Crippen molar-refractivity contribution in [2.45, 2.75) is 32.7 Å². The van der Waals surface area contributed by atoms with Gasteiger partial charge in [-0.3, -0.25) is 19.9 Å². The van der Waals surface area contributed by atoms with Gasteiger partial charge in [-0.2, -0.15) is 0 Å². The van der Waals surface area contributed by atoms with Crippen LogP contribution in [-0.2, 0) is 17.8 Å². The van der Waals surface area contributed by atoms with E-state index in [9.17, 15) is 9.59 Å². The van der Waals surface area contributed by atoms with Gasteiger partial charge in [0.15, 0.2) is 0 Å². The van der Waals surface area contributed by atoms with Gasteiger partial charge in [0.05, 0.1) is 22.0 Å². The summed E-state index contributed by atoms with van der Waals surface area (Å²) in [5, 5.41) is 5.50. The number of hydrogen-bond acceptors (Lipinski definition) is 8. The van der Waals surface area contributed by atoms with E-state index in [1.807, 2.05) is 0 Å². The number of nitrogens with one attached hydrogen (secondary N) is 2. The van der Waals surface area contributed by atoms with Gasteiger partial charge in [-0.05, 0) is 73.3 Å². The molecule has 2 aromatic heterocycles. The number of carbonyl (C=O) groups is 2. The van der Waals surface area contributed by atoms with Crippen molar-refractivity contribution in [1.82, 2.24) is 25.6 Å². The van der Waals surface area contributed by atoms with E-state index < -0.39 is 0 Å². The summed E-state index contributed by atoms with van der Waals surface area (Å²) in [6, 6.07) is 16.6. The van der Waals surface area contributed by atoms with Crippen LogP contribution in [0.3, 0.4) is 0 Å². The molecular formula is C28H30N6O2S. The van der Waals surface area contributed by atoms with Gasteiger partial charge in [0.2, 0.25) is 5.95 Å². The van der Waals surface area contributed by atoms with E-state index in [4.69, 9.17) is 4.98 Å². The highest BCUT2D eigenvalue weighted by Crippen LogP contribution is 2.26. The van der Waals surface area contributed by atoms with Crippen LogP contribution in [0.4, 0.5) is 10.7 Å². The largest absolute Gasteiger partial charge is 0.341 e. The third-order valence-corrected chi connectivity index (χ3v) is 7.50. The third-order valence-electron chi connectivity index (χ3n) is 6.69. The first kappa shape index (κ1) is 25.1. The molecule has 0 radical (unpaired) electrons. The standard InChI is InChI=1S/C28H30N6O2S/c1-2-19-6-8-21(9-7-19)24-5-3-4-23(31-24)18-29-17-20-11-14-34(15-12-20)27-30-13-10-22(32-27)16-25-26(35)33-28(36)37-25/h3-10,13,16,20,29H,2,11-12,14-15,17-18H2,1H3,(H,33,35,36). The van der Waals surface area contributed by atoms with Gasteiger partial charge in [-0.15, -0.1) is 0 Å². The smallest absolute Gasteiger partial charge is 0.290 e. The number of aryl methyl sites for hydroxylation is 1. The second-order valence-corrected chi connectivity index (χ2v) is 10.3. The quantitative estimate of drug-likeness (QED) is 0.426. The summed E-state index contributed by atoms with van der Waals surface area (Å²) >= 11 is 0.893. The summed E-state index contributed by atoms with van der Waals surface area (Å²) in [5.41, 5.74) is 5.15. The molecule has 3 aromatic rings. The molecule has 0 unspecified atom stereocenters. The Morgan fingerprint density at radius 1 is 1.08 bits per heavy atom. The van der Waals surface area contributed by atoms with E-state index in [0.717, 1.165) is 74.2 Å². The van der Waals surface area contributed by atoms with E-state index in [0.29, 0.717) is 22.5 Å². The number of anilines is 1. The lowest BCUT2D eigenvalue weighted by molar-refractivity contribution is -0.115. The van der Waals surface area contributed by atoms with Crippen molar-refractivity contribution in [1.29, 1.82) is 0 Å². The maximum absolute atomic E-state index is 11.8. The second kappa shape index (κ2) is 11.7. The van der Waals surface area contributed by atoms with Crippen LogP contribution in [-0.4, -0.2) is 45.7 Å². The minimum atomic E-state index is -0.379. The highest BCUT2D eigenvalue weighted by Gasteiger charge is 2.25. The van der Waals surface area contributed by atoms with Crippen molar-refractivity contribution >= 4 is 34.9 Å². The minimum Gasteiger partial charge on any atom is -0.341 e. The average molecular weight is 515 g/mol. The lowest BCUT2D eigenvalue weighted by Gasteiger charge is -2.32. The van der Waals surface area contributed by atoms with Crippen molar-refractivity contribution < 1.29 is 9.59 Å². The number of piperidine rings is 1. The third kappa shape index (κ3) is 6.42.